The summed E-state index contributed by atoms with van der Waals surface area (Å²) < 4.78 is 11.3. The zero-order chi connectivity index (χ0) is 26.3. The second-order valence-corrected chi connectivity index (χ2v) is 9.63. The minimum absolute atomic E-state index is 0.0515. The van der Waals surface area contributed by atoms with Crippen LogP contribution in [0.5, 0.6) is 5.75 Å². The van der Waals surface area contributed by atoms with Crippen molar-refractivity contribution in [3.8, 4) is 16.9 Å². The number of hydrogen-bond acceptors (Lipinski definition) is 4. The molecule has 1 aliphatic carbocycles. The smallest absolute Gasteiger partial charge is 0.306 e. The molecule has 4 rings (SSSR count). The van der Waals surface area contributed by atoms with Gasteiger partial charge in [0.2, 0.25) is 5.91 Å². The van der Waals surface area contributed by atoms with Crippen molar-refractivity contribution >= 4 is 11.9 Å². The van der Waals surface area contributed by atoms with Crippen LogP contribution in [-0.2, 0) is 32.7 Å². The number of carbonyl (C=O) groups excluding carboxylic acids is 2. The number of rotatable bonds is 12. The van der Waals surface area contributed by atoms with Gasteiger partial charge < -0.3 is 14.8 Å². The predicted octanol–water partition coefficient (Wildman–Crippen LogP) is 6.35. The first-order valence-corrected chi connectivity index (χ1v) is 13.4. The predicted molar refractivity (Wildman–Crippen MR) is 147 cm³/mol. The van der Waals surface area contributed by atoms with Gasteiger partial charge in [0.1, 0.15) is 5.75 Å². The van der Waals surface area contributed by atoms with E-state index >= 15 is 0 Å². The van der Waals surface area contributed by atoms with Gasteiger partial charge in [0.05, 0.1) is 18.8 Å². The number of fused-ring (bicyclic) bond motifs is 3. The summed E-state index contributed by atoms with van der Waals surface area (Å²) in [6.07, 6.45) is 4.41. The van der Waals surface area contributed by atoms with Crippen LogP contribution in [0.25, 0.3) is 11.1 Å². The minimum Gasteiger partial charge on any atom is -0.493 e. The Morgan fingerprint density at radius 1 is 0.892 bits per heavy atom. The number of unbranched alkanes of at least 4 members (excludes halogenated alkanes) is 1. The molecule has 0 atom stereocenters. The monoisotopic (exact) mass is 499 g/mol. The molecule has 37 heavy (non-hydrogen) atoms. The molecule has 0 aromatic heterocycles. The Morgan fingerprint density at radius 3 is 2.19 bits per heavy atom. The van der Waals surface area contributed by atoms with Crippen LogP contribution in [0.2, 0.25) is 0 Å². The van der Waals surface area contributed by atoms with E-state index in [9.17, 15) is 9.59 Å². The summed E-state index contributed by atoms with van der Waals surface area (Å²) >= 11 is 0. The third-order valence-corrected chi connectivity index (χ3v) is 7.03. The van der Waals surface area contributed by atoms with Crippen molar-refractivity contribution in [2.45, 2.75) is 64.8 Å². The van der Waals surface area contributed by atoms with Gasteiger partial charge in [-0.1, -0.05) is 74.0 Å². The molecule has 1 aliphatic rings. The summed E-state index contributed by atoms with van der Waals surface area (Å²) in [5.74, 6) is 0.586. The molecule has 0 spiro atoms. The number of nitrogens with one attached hydrogen (secondary N) is 1. The maximum atomic E-state index is 12.5. The van der Waals surface area contributed by atoms with Crippen molar-refractivity contribution in [2.24, 2.45) is 0 Å². The SMILES string of the molecule is CCCCOc1cc(CCC2(NC(C)=O)c3ccccc3-c3ccccc32)ccc1CCC(=O)OCC. The molecule has 0 aliphatic heterocycles. The second-order valence-electron chi connectivity index (χ2n) is 9.63. The Balaban J connectivity index is 1.62. The first-order chi connectivity index (χ1) is 18.0. The Bertz CT molecular complexity index is 1200. The molecule has 5 heteroatoms. The molecule has 0 saturated heterocycles. The van der Waals surface area contributed by atoms with E-state index in [-0.39, 0.29) is 11.9 Å². The van der Waals surface area contributed by atoms with Crippen LogP contribution in [0, 0.1) is 0 Å². The Labute approximate surface area is 220 Å². The van der Waals surface area contributed by atoms with E-state index < -0.39 is 5.54 Å². The van der Waals surface area contributed by atoms with E-state index in [1.54, 1.807) is 6.92 Å². The average Bonchev–Trinajstić information content (AvgIpc) is 3.17. The quantitative estimate of drug-likeness (QED) is 0.233. The van der Waals surface area contributed by atoms with Crippen LogP contribution in [0.15, 0.2) is 66.7 Å². The van der Waals surface area contributed by atoms with Crippen molar-refractivity contribution in [3.63, 3.8) is 0 Å². The number of benzene rings is 3. The van der Waals surface area contributed by atoms with Crippen LogP contribution in [-0.4, -0.2) is 25.1 Å². The van der Waals surface area contributed by atoms with Crippen LogP contribution in [0.1, 0.15) is 68.7 Å². The van der Waals surface area contributed by atoms with E-state index in [1.165, 1.54) is 11.1 Å². The van der Waals surface area contributed by atoms with Crippen LogP contribution < -0.4 is 10.1 Å². The molecule has 0 fully saturated rings. The maximum Gasteiger partial charge on any atom is 0.306 e. The van der Waals surface area contributed by atoms with Gasteiger partial charge >= 0.3 is 5.97 Å². The number of carbonyl (C=O) groups is 2. The summed E-state index contributed by atoms with van der Waals surface area (Å²) in [6.45, 7) is 6.58. The Kier molecular flexibility index (Phi) is 8.65. The van der Waals surface area contributed by atoms with Gasteiger partial charge in [-0.25, -0.2) is 0 Å². The van der Waals surface area contributed by atoms with Crippen molar-refractivity contribution in [1.29, 1.82) is 0 Å². The van der Waals surface area contributed by atoms with Gasteiger partial charge in [-0.15, -0.1) is 0 Å². The third-order valence-electron chi connectivity index (χ3n) is 7.03. The lowest BCUT2D eigenvalue weighted by atomic mass is 9.81. The zero-order valence-electron chi connectivity index (χ0n) is 22.1. The highest BCUT2D eigenvalue weighted by Crippen LogP contribution is 2.49. The molecule has 1 N–H and O–H groups in total. The molecular weight excluding hydrogens is 462 g/mol. The number of amides is 1. The highest BCUT2D eigenvalue weighted by molar-refractivity contribution is 5.84. The van der Waals surface area contributed by atoms with Gasteiger partial charge in [-0.05, 0) is 72.1 Å². The first kappa shape index (κ1) is 26.5. The fourth-order valence-electron chi connectivity index (χ4n) is 5.32. The average molecular weight is 500 g/mol. The largest absolute Gasteiger partial charge is 0.493 e. The summed E-state index contributed by atoms with van der Waals surface area (Å²) in [5.41, 5.74) is 6.17. The van der Waals surface area contributed by atoms with E-state index in [2.05, 4.69) is 54.7 Å². The molecule has 0 saturated carbocycles. The number of ether oxygens (including phenoxy) is 2. The molecule has 0 radical (unpaired) electrons. The highest BCUT2D eigenvalue weighted by Gasteiger charge is 2.43. The normalized spacial score (nSPS) is 12.9. The maximum absolute atomic E-state index is 12.5. The third kappa shape index (κ3) is 5.87. The fraction of sp³-hybridized carbons (Fsp3) is 0.375. The molecule has 5 nitrogen and oxygen atoms in total. The lowest BCUT2D eigenvalue weighted by Gasteiger charge is -2.33. The Morgan fingerprint density at radius 2 is 1.57 bits per heavy atom. The van der Waals surface area contributed by atoms with Crippen LogP contribution in [0.4, 0.5) is 0 Å². The second kappa shape index (κ2) is 12.1. The minimum atomic E-state index is -0.592. The summed E-state index contributed by atoms with van der Waals surface area (Å²) in [5, 5.41) is 3.33. The van der Waals surface area contributed by atoms with Crippen molar-refractivity contribution < 1.29 is 19.1 Å². The van der Waals surface area contributed by atoms with E-state index in [0.29, 0.717) is 26.1 Å². The first-order valence-electron chi connectivity index (χ1n) is 13.4. The Hall–Kier alpha value is -3.60. The van der Waals surface area contributed by atoms with E-state index in [4.69, 9.17) is 9.47 Å². The van der Waals surface area contributed by atoms with Gasteiger partial charge in [0.25, 0.3) is 0 Å². The molecule has 0 heterocycles. The van der Waals surface area contributed by atoms with Gasteiger partial charge in [-0.3, -0.25) is 9.59 Å². The zero-order valence-corrected chi connectivity index (χ0v) is 22.1. The molecule has 194 valence electrons. The lowest BCUT2D eigenvalue weighted by molar-refractivity contribution is -0.143. The van der Waals surface area contributed by atoms with Crippen molar-refractivity contribution in [1.82, 2.24) is 5.32 Å². The van der Waals surface area contributed by atoms with Crippen molar-refractivity contribution in [3.05, 3.63) is 89.0 Å². The molecule has 3 aromatic rings. The number of hydrogen-bond donors (Lipinski definition) is 1. The van der Waals surface area contributed by atoms with Gasteiger partial charge in [-0.2, -0.15) is 0 Å². The van der Waals surface area contributed by atoms with E-state index in [1.807, 2.05) is 31.2 Å². The number of aryl methyl sites for hydroxylation is 2. The molecule has 0 bridgehead atoms. The number of esters is 1. The van der Waals surface area contributed by atoms with Gasteiger partial charge in [0.15, 0.2) is 0 Å². The van der Waals surface area contributed by atoms with Crippen LogP contribution >= 0.6 is 0 Å². The van der Waals surface area contributed by atoms with Gasteiger partial charge in [0, 0.05) is 13.3 Å². The highest BCUT2D eigenvalue weighted by atomic mass is 16.5. The summed E-state index contributed by atoms with van der Waals surface area (Å²) in [4.78, 5) is 24.4. The standard InChI is InChI=1S/C32H37NO4/c1-4-6-21-37-30-22-24(15-16-25(30)17-18-31(35)36-5-2)19-20-32(33-23(3)34)28-13-9-7-11-26(28)27-12-8-10-14-29(27)32/h7-16,22H,4-6,17-21H2,1-3H3,(H,33,34). The van der Waals surface area contributed by atoms with Crippen LogP contribution in [0.3, 0.4) is 0 Å². The fourth-order valence-corrected chi connectivity index (χ4v) is 5.32. The molecule has 1 amide bonds. The topological polar surface area (TPSA) is 64.6 Å². The summed E-state index contributed by atoms with van der Waals surface area (Å²) in [7, 11) is 0. The van der Waals surface area contributed by atoms with E-state index in [0.717, 1.165) is 53.7 Å². The molecule has 0 unspecified atom stereocenters. The van der Waals surface area contributed by atoms with Crippen molar-refractivity contribution in [2.75, 3.05) is 13.2 Å². The summed E-state index contributed by atoms with van der Waals surface area (Å²) in [6, 6.07) is 23.0. The molecule has 3 aromatic carbocycles. The molecular formula is C32H37NO4. The lowest BCUT2D eigenvalue weighted by Crippen LogP contribution is -2.45.